The van der Waals surface area contributed by atoms with Crippen LogP contribution in [0, 0.1) is 5.92 Å². The molecule has 1 N–H and O–H groups in total. The molecule has 2 atom stereocenters. The van der Waals surface area contributed by atoms with E-state index in [0.717, 1.165) is 12.8 Å². The van der Waals surface area contributed by atoms with Gasteiger partial charge in [0.15, 0.2) is 0 Å². The Bertz CT molecular complexity index is 534. The highest BCUT2D eigenvalue weighted by atomic mass is 35.5. The second kappa shape index (κ2) is 4.81. The van der Waals surface area contributed by atoms with E-state index in [2.05, 4.69) is 10.3 Å². The van der Waals surface area contributed by atoms with Crippen molar-refractivity contribution in [3.63, 3.8) is 0 Å². The molecule has 2 aliphatic heterocycles. The molecule has 2 fully saturated rings. The molecule has 2 aliphatic rings. The summed E-state index contributed by atoms with van der Waals surface area (Å²) in [5.74, 6) is -0.155. The lowest BCUT2D eigenvalue weighted by atomic mass is 9.91. The van der Waals surface area contributed by atoms with Gasteiger partial charge in [-0.25, -0.2) is 4.98 Å². The van der Waals surface area contributed by atoms with Crippen molar-refractivity contribution in [2.24, 2.45) is 5.92 Å². The largest absolute Gasteiger partial charge is 0.354 e. The second-order valence-electron chi connectivity index (χ2n) is 4.90. The maximum Gasteiger partial charge on any atom is 0.257 e. The minimum Gasteiger partial charge on any atom is -0.354 e. The maximum absolute atomic E-state index is 12.5. The van der Waals surface area contributed by atoms with Gasteiger partial charge in [-0.05, 0) is 25.0 Å². The third kappa shape index (κ3) is 2.08. The summed E-state index contributed by atoms with van der Waals surface area (Å²) >= 11 is 5.97. The highest BCUT2D eigenvalue weighted by molar-refractivity contribution is 6.32. The molecular formula is C13H14ClN3O2. The number of aromatic nitrogens is 1. The summed E-state index contributed by atoms with van der Waals surface area (Å²) in [7, 11) is 0. The van der Waals surface area contributed by atoms with E-state index in [1.807, 2.05) is 0 Å². The first-order chi connectivity index (χ1) is 9.18. The lowest BCUT2D eigenvalue weighted by Crippen LogP contribution is -2.48. The van der Waals surface area contributed by atoms with Crippen molar-refractivity contribution < 1.29 is 9.59 Å². The van der Waals surface area contributed by atoms with E-state index < -0.39 is 0 Å². The minimum absolute atomic E-state index is 0.0509. The topological polar surface area (TPSA) is 62.3 Å². The maximum atomic E-state index is 12.5. The number of nitrogens with zero attached hydrogens (tertiary/aromatic N) is 2. The zero-order valence-corrected chi connectivity index (χ0v) is 11.1. The van der Waals surface area contributed by atoms with Gasteiger partial charge in [0.2, 0.25) is 5.91 Å². The Balaban J connectivity index is 1.87. The number of pyridine rings is 1. The van der Waals surface area contributed by atoms with Crippen LogP contribution in [0.3, 0.4) is 0 Å². The van der Waals surface area contributed by atoms with Crippen LogP contribution in [0.4, 0.5) is 0 Å². The summed E-state index contributed by atoms with van der Waals surface area (Å²) in [5, 5.41) is 3.05. The van der Waals surface area contributed by atoms with E-state index in [1.54, 1.807) is 23.2 Å². The van der Waals surface area contributed by atoms with E-state index in [9.17, 15) is 9.59 Å². The molecule has 0 saturated carbocycles. The van der Waals surface area contributed by atoms with E-state index in [1.165, 1.54) is 0 Å². The number of nitrogens with one attached hydrogen (secondary N) is 1. The Morgan fingerprint density at radius 3 is 3.16 bits per heavy atom. The van der Waals surface area contributed by atoms with Crippen molar-refractivity contribution >= 4 is 23.4 Å². The Morgan fingerprint density at radius 2 is 2.37 bits per heavy atom. The predicted molar refractivity (Wildman–Crippen MR) is 69.8 cm³/mol. The van der Waals surface area contributed by atoms with Crippen LogP contribution in [-0.2, 0) is 4.79 Å². The third-order valence-corrected chi connectivity index (χ3v) is 4.15. The van der Waals surface area contributed by atoms with Gasteiger partial charge in [-0.3, -0.25) is 9.59 Å². The monoisotopic (exact) mass is 279 g/mol. The number of hydrogen-bond donors (Lipinski definition) is 1. The summed E-state index contributed by atoms with van der Waals surface area (Å²) in [6.07, 6.45) is 3.25. The quantitative estimate of drug-likeness (QED) is 0.783. The number of carbonyl (C=O) groups is 2. The molecule has 0 radical (unpaired) electrons. The van der Waals surface area contributed by atoms with Crippen molar-refractivity contribution in [3.8, 4) is 0 Å². The molecule has 1 aromatic rings. The Morgan fingerprint density at radius 1 is 1.53 bits per heavy atom. The average Bonchev–Trinajstić information content (AvgIpc) is 2.80. The van der Waals surface area contributed by atoms with Crippen molar-refractivity contribution in [2.75, 3.05) is 13.1 Å². The molecule has 0 bridgehead atoms. The van der Waals surface area contributed by atoms with E-state index in [-0.39, 0.29) is 28.9 Å². The molecule has 3 heterocycles. The zero-order chi connectivity index (χ0) is 13.4. The SMILES string of the molecule is O=C1NCC2C1CCCN2C(=O)c1cccnc1Cl. The Hall–Kier alpha value is -1.62. The fourth-order valence-electron chi connectivity index (χ4n) is 2.90. The predicted octanol–water partition coefficient (Wildman–Crippen LogP) is 1.09. The van der Waals surface area contributed by atoms with Gasteiger partial charge in [0.25, 0.3) is 5.91 Å². The molecule has 0 aromatic carbocycles. The number of fused-ring (bicyclic) bond motifs is 1. The summed E-state index contributed by atoms with van der Waals surface area (Å²) < 4.78 is 0. The van der Waals surface area contributed by atoms with Crippen LogP contribution in [0.2, 0.25) is 5.15 Å². The van der Waals surface area contributed by atoms with Gasteiger partial charge in [0.05, 0.1) is 17.5 Å². The molecule has 19 heavy (non-hydrogen) atoms. The minimum atomic E-state index is -0.135. The normalized spacial score (nSPS) is 25.9. The van der Waals surface area contributed by atoms with Crippen LogP contribution in [0.5, 0.6) is 0 Å². The van der Waals surface area contributed by atoms with Crippen LogP contribution < -0.4 is 5.32 Å². The number of amides is 2. The number of halogens is 1. The van der Waals surface area contributed by atoms with Crippen LogP contribution in [0.25, 0.3) is 0 Å². The van der Waals surface area contributed by atoms with Gasteiger partial charge in [-0.2, -0.15) is 0 Å². The molecule has 1 aromatic heterocycles. The average molecular weight is 280 g/mol. The highest BCUT2D eigenvalue weighted by Gasteiger charge is 2.42. The van der Waals surface area contributed by atoms with Crippen molar-refractivity contribution in [1.29, 1.82) is 0 Å². The molecule has 3 rings (SSSR count). The van der Waals surface area contributed by atoms with E-state index in [0.29, 0.717) is 18.7 Å². The standard InChI is InChI=1S/C13H14ClN3O2/c14-11-9(3-1-5-15-11)13(19)17-6-2-4-8-10(17)7-16-12(8)18/h1,3,5,8,10H,2,4,6-7H2,(H,16,18). The number of hydrogen-bond acceptors (Lipinski definition) is 3. The Kier molecular flexibility index (Phi) is 3.14. The zero-order valence-electron chi connectivity index (χ0n) is 10.3. The van der Waals surface area contributed by atoms with Crippen molar-refractivity contribution in [2.45, 2.75) is 18.9 Å². The summed E-state index contributed by atoms with van der Waals surface area (Å²) in [4.78, 5) is 29.9. The van der Waals surface area contributed by atoms with Gasteiger partial charge in [-0.15, -0.1) is 0 Å². The first kappa shape index (κ1) is 12.4. The summed E-state index contributed by atoms with van der Waals surface area (Å²) in [5.41, 5.74) is 0.407. The molecular weight excluding hydrogens is 266 g/mol. The third-order valence-electron chi connectivity index (χ3n) is 3.85. The first-order valence-corrected chi connectivity index (χ1v) is 6.75. The second-order valence-corrected chi connectivity index (χ2v) is 5.26. The highest BCUT2D eigenvalue weighted by Crippen LogP contribution is 2.29. The fourth-order valence-corrected chi connectivity index (χ4v) is 3.10. The molecule has 2 unspecified atom stereocenters. The number of piperidine rings is 1. The lowest BCUT2D eigenvalue weighted by molar-refractivity contribution is -0.123. The number of rotatable bonds is 1. The molecule has 2 saturated heterocycles. The molecule has 2 amide bonds. The van der Waals surface area contributed by atoms with Crippen molar-refractivity contribution in [3.05, 3.63) is 29.0 Å². The molecule has 6 heteroatoms. The van der Waals surface area contributed by atoms with Gasteiger partial charge < -0.3 is 10.2 Å². The number of carbonyl (C=O) groups excluding carboxylic acids is 2. The fraction of sp³-hybridized carbons (Fsp3) is 0.462. The summed E-state index contributed by atoms with van der Waals surface area (Å²) in [6, 6.07) is 3.31. The van der Waals surface area contributed by atoms with Crippen LogP contribution in [0.15, 0.2) is 18.3 Å². The van der Waals surface area contributed by atoms with E-state index >= 15 is 0 Å². The van der Waals surface area contributed by atoms with Crippen molar-refractivity contribution in [1.82, 2.24) is 15.2 Å². The number of likely N-dealkylation sites (tertiary alicyclic amines) is 1. The molecule has 0 aliphatic carbocycles. The van der Waals surface area contributed by atoms with Gasteiger partial charge in [0, 0.05) is 19.3 Å². The molecule has 100 valence electrons. The van der Waals surface area contributed by atoms with Gasteiger partial charge in [0.1, 0.15) is 5.15 Å². The molecule has 5 nitrogen and oxygen atoms in total. The molecule has 0 spiro atoms. The lowest BCUT2D eigenvalue weighted by Gasteiger charge is -2.36. The van der Waals surface area contributed by atoms with Crippen LogP contribution in [0.1, 0.15) is 23.2 Å². The Labute approximate surface area is 115 Å². The van der Waals surface area contributed by atoms with Gasteiger partial charge >= 0.3 is 0 Å². The van der Waals surface area contributed by atoms with E-state index in [4.69, 9.17) is 11.6 Å². The van der Waals surface area contributed by atoms with Crippen LogP contribution in [-0.4, -0.2) is 40.8 Å². The van der Waals surface area contributed by atoms with Gasteiger partial charge in [-0.1, -0.05) is 11.6 Å². The summed E-state index contributed by atoms with van der Waals surface area (Å²) in [6.45, 7) is 1.20. The first-order valence-electron chi connectivity index (χ1n) is 6.37. The van der Waals surface area contributed by atoms with Crippen LogP contribution >= 0.6 is 11.6 Å². The smallest absolute Gasteiger partial charge is 0.257 e.